The van der Waals surface area contributed by atoms with Crippen LogP contribution in [0, 0.1) is 5.92 Å². The van der Waals surface area contributed by atoms with Crippen molar-refractivity contribution >= 4 is 8.56 Å². The van der Waals surface area contributed by atoms with Gasteiger partial charge >= 0.3 is 8.56 Å². The van der Waals surface area contributed by atoms with Crippen molar-refractivity contribution < 1.29 is 18.7 Å². The third kappa shape index (κ3) is 4.26. The topological polar surface area (TPSA) is 51.2 Å². The molecule has 5 atom stereocenters. The minimum Gasteiger partial charge on any atom is -0.396 e. The fraction of sp³-hybridized carbons (Fsp3) is 1.00. The number of hydrogen-bond acceptors (Lipinski definition) is 4. The Bertz CT molecular complexity index is 289. The van der Waals surface area contributed by atoms with Gasteiger partial charge in [-0.2, -0.15) is 0 Å². The molecule has 19 heavy (non-hydrogen) atoms. The van der Waals surface area contributed by atoms with Crippen LogP contribution >= 0.6 is 0 Å². The molecule has 0 bridgehead atoms. The summed E-state index contributed by atoms with van der Waals surface area (Å²) in [5.74, 6) is 0.602. The van der Waals surface area contributed by atoms with E-state index in [0.717, 1.165) is 18.9 Å². The Morgan fingerprint density at radius 1 is 1.37 bits per heavy atom. The summed E-state index contributed by atoms with van der Waals surface area (Å²) in [5.41, 5.74) is 0. The van der Waals surface area contributed by atoms with Crippen LogP contribution in [0.3, 0.4) is 0 Å². The average molecular weight is 288 g/mol. The first-order valence-corrected chi connectivity index (χ1v) is 10.2. The van der Waals surface area contributed by atoms with Gasteiger partial charge in [0.25, 0.3) is 0 Å². The van der Waals surface area contributed by atoms with Crippen molar-refractivity contribution in [3.05, 3.63) is 0 Å². The summed E-state index contributed by atoms with van der Waals surface area (Å²) in [4.78, 5) is 0. The lowest BCUT2D eigenvalue weighted by molar-refractivity contribution is 0.0753. The Morgan fingerprint density at radius 3 is 2.79 bits per heavy atom. The number of aliphatic hydroxyl groups excluding tert-OH is 1. The zero-order chi connectivity index (χ0) is 13.9. The second-order valence-corrected chi connectivity index (χ2v) is 9.30. The standard InChI is InChI=1S/C14H28O4Si/c1-4-16-19(3,9-5-8-15)18-11(2)12-6-7-13-14(10-12)17-13/h11-15H,4-10H2,1-3H3. The molecule has 112 valence electrons. The molecule has 1 saturated heterocycles. The van der Waals surface area contributed by atoms with Crippen LogP contribution in [0.5, 0.6) is 0 Å². The summed E-state index contributed by atoms with van der Waals surface area (Å²) < 4.78 is 17.8. The van der Waals surface area contributed by atoms with Crippen molar-refractivity contribution in [3.8, 4) is 0 Å². The zero-order valence-electron chi connectivity index (χ0n) is 12.4. The van der Waals surface area contributed by atoms with Crippen molar-refractivity contribution in [2.24, 2.45) is 5.92 Å². The lowest BCUT2D eigenvalue weighted by atomic mass is 9.86. The smallest absolute Gasteiger partial charge is 0.335 e. The second-order valence-electron chi connectivity index (χ2n) is 6.00. The van der Waals surface area contributed by atoms with E-state index in [-0.39, 0.29) is 12.7 Å². The Balaban J connectivity index is 1.84. The molecule has 4 nitrogen and oxygen atoms in total. The van der Waals surface area contributed by atoms with Gasteiger partial charge in [-0.15, -0.1) is 0 Å². The average Bonchev–Trinajstić information content (AvgIpc) is 3.14. The SMILES string of the molecule is CCO[Si](C)(CCCO)OC(C)C1CCC2OC2C1. The fourth-order valence-electron chi connectivity index (χ4n) is 3.22. The summed E-state index contributed by atoms with van der Waals surface area (Å²) >= 11 is 0. The van der Waals surface area contributed by atoms with Crippen LogP contribution in [0.15, 0.2) is 0 Å². The number of hydrogen-bond donors (Lipinski definition) is 1. The van der Waals surface area contributed by atoms with Gasteiger partial charge in [-0.3, -0.25) is 0 Å². The van der Waals surface area contributed by atoms with Gasteiger partial charge in [0.05, 0.1) is 12.2 Å². The van der Waals surface area contributed by atoms with Gasteiger partial charge in [0.15, 0.2) is 0 Å². The molecule has 2 fully saturated rings. The van der Waals surface area contributed by atoms with Crippen LogP contribution in [0.4, 0.5) is 0 Å². The quantitative estimate of drug-likeness (QED) is 0.550. The molecule has 2 aliphatic rings. The molecule has 1 heterocycles. The van der Waals surface area contributed by atoms with Gasteiger partial charge in [-0.05, 0) is 58.0 Å². The van der Waals surface area contributed by atoms with Crippen LogP contribution in [-0.4, -0.2) is 45.2 Å². The highest BCUT2D eigenvalue weighted by molar-refractivity contribution is 6.66. The number of aliphatic hydroxyl groups is 1. The van der Waals surface area contributed by atoms with Gasteiger partial charge < -0.3 is 18.7 Å². The van der Waals surface area contributed by atoms with E-state index < -0.39 is 8.56 Å². The third-order valence-electron chi connectivity index (χ3n) is 4.38. The molecule has 1 N–H and O–H groups in total. The Hall–Kier alpha value is 0.0569. The summed E-state index contributed by atoms with van der Waals surface area (Å²) in [6.45, 7) is 7.23. The van der Waals surface area contributed by atoms with E-state index in [1.54, 1.807) is 0 Å². The van der Waals surface area contributed by atoms with Gasteiger partial charge in [-0.25, -0.2) is 0 Å². The number of rotatable bonds is 8. The molecule has 0 spiro atoms. The monoisotopic (exact) mass is 288 g/mol. The Labute approximate surface area is 117 Å². The summed E-state index contributed by atoms with van der Waals surface area (Å²) in [5, 5.41) is 9.02. The lowest BCUT2D eigenvalue weighted by Gasteiger charge is -2.34. The van der Waals surface area contributed by atoms with Crippen LogP contribution < -0.4 is 0 Å². The molecular weight excluding hydrogens is 260 g/mol. The van der Waals surface area contributed by atoms with E-state index >= 15 is 0 Å². The number of fused-ring (bicyclic) bond motifs is 1. The van der Waals surface area contributed by atoms with Crippen LogP contribution in [0.25, 0.3) is 0 Å². The van der Waals surface area contributed by atoms with Gasteiger partial charge in [0.2, 0.25) is 0 Å². The summed E-state index contributed by atoms with van der Waals surface area (Å²) in [6, 6.07) is 0.872. The largest absolute Gasteiger partial charge is 0.396 e. The molecule has 2 rings (SSSR count). The van der Waals surface area contributed by atoms with E-state index in [4.69, 9.17) is 18.7 Å². The number of ether oxygens (including phenoxy) is 1. The number of epoxide rings is 1. The predicted molar refractivity (Wildman–Crippen MR) is 76.3 cm³/mol. The molecule has 1 aliphatic heterocycles. The Kier molecular flexibility index (Phi) is 5.43. The highest BCUT2D eigenvalue weighted by atomic mass is 28.4. The first kappa shape index (κ1) is 15.4. The summed E-state index contributed by atoms with van der Waals surface area (Å²) in [7, 11) is -2.13. The highest BCUT2D eigenvalue weighted by Crippen LogP contribution is 2.41. The first-order valence-electron chi connectivity index (χ1n) is 7.66. The van der Waals surface area contributed by atoms with E-state index in [1.807, 2.05) is 6.92 Å². The molecule has 0 aromatic carbocycles. The summed E-state index contributed by atoms with van der Waals surface area (Å²) in [6.07, 6.45) is 5.60. The first-order chi connectivity index (χ1) is 9.08. The van der Waals surface area contributed by atoms with E-state index in [9.17, 15) is 0 Å². The Morgan fingerprint density at radius 2 is 2.16 bits per heavy atom. The fourth-order valence-corrected chi connectivity index (χ4v) is 5.94. The maximum atomic E-state index is 9.02. The van der Waals surface area contributed by atoms with Crippen LogP contribution in [-0.2, 0) is 13.6 Å². The van der Waals surface area contributed by atoms with Crippen molar-refractivity contribution in [1.29, 1.82) is 0 Å². The van der Waals surface area contributed by atoms with Crippen LogP contribution in [0.2, 0.25) is 12.6 Å². The minimum absolute atomic E-state index is 0.217. The van der Waals surface area contributed by atoms with E-state index in [1.165, 1.54) is 12.8 Å². The molecule has 0 amide bonds. The molecular formula is C14H28O4Si. The van der Waals surface area contributed by atoms with Crippen molar-refractivity contribution in [2.75, 3.05) is 13.2 Å². The molecule has 0 aromatic rings. The van der Waals surface area contributed by atoms with E-state index in [0.29, 0.717) is 24.7 Å². The molecule has 5 unspecified atom stereocenters. The molecule has 1 saturated carbocycles. The van der Waals surface area contributed by atoms with Crippen molar-refractivity contribution in [2.45, 2.75) is 70.4 Å². The third-order valence-corrected chi connectivity index (χ3v) is 7.41. The van der Waals surface area contributed by atoms with Gasteiger partial charge in [0, 0.05) is 19.3 Å². The molecule has 1 aliphatic carbocycles. The normalized spacial score (nSPS) is 34.4. The van der Waals surface area contributed by atoms with Crippen molar-refractivity contribution in [3.63, 3.8) is 0 Å². The van der Waals surface area contributed by atoms with E-state index in [2.05, 4.69) is 13.5 Å². The molecule has 0 aromatic heterocycles. The molecule has 0 radical (unpaired) electrons. The maximum Gasteiger partial charge on any atom is 0.335 e. The van der Waals surface area contributed by atoms with Crippen molar-refractivity contribution in [1.82, 2.24) is 0 Å². The molecule has 5 heteroatoms. The van der Waals surface area contributed by atoms with Gasteiger partial charge in [-0.1, -0.05) is 0 Å². The predicted octanol–water partition coefficient (Wildman–Crippen LogP) is 2.45. The zero-order valence-corrected chi connectivity index (χ0v) is 13.4. The maximum absolute atomic E-state index is 9.02. The van der Waals surface area contributed by atoms with Crippen LogP contribution in [0.1, 0.15) is 39.5 Å². The van der Waals surface area contributed by atoms with Gasteiger partial charge in [0.1, 0.15) is 0 Å². The minimum atomic E-state index is -2.13. The highest BCUT2D eigenvalue weighted by Gasteiger charge is 2.46. The lowest BCUT2D eigenvalue weighted by Crippen LogP contribution is -2.44. The second kappa shape index (κ2) is 6.67.